The van der Waals surface area contributed by atoms with Crippen molar-refractivity contribution in [3.63, 3.8) is 0 Å². The lowest BCUT2D eigenvalue weighted by Gasteiger charge is -2.19. The fourth-order valence-electron chi connectivity index (χ4n) is 0.909. The Bertz CT molecular complexity index is 308. The van der Waals surface area contributed by atoms with Gasteiger partial charge >= 0.3 is 0 Å². The summed E-state index contributed by atoms with van der Waals surface area (Å²) < 4.78 is -0.490. The van der Waals surface area contributed by atoms with Crippen LogP contribution >= 0.6 is 11.8 Å². The highest BCUT2D eigenvalue weighted by Gasteiger charge is 2.24. The van der Waals surface area contributed by atoms with Gasteiger partial charge in [-0.2, -0.15) is 0 Å². The highest BCUT2D eigenvalue weighted by atomic mass is 32.2. The number of rotatable bonds is 4. The van der Waals surface area contributed by atoms with Crippen molar-refractivity contribution in [2.24, 2.45) is 5.73 Å². The van der Waals surface area contributed by atoms with Gasteiger partial charge in [0.05, 0.1) is 4.75 Å². The number of benzene rings is 1. The van der Waals surface area contributed by atoms with Crippen molar-refractivity contribution in [1.29, 1.82) is 0 Å². The number of hydrogen-bond acceptors (Lipinski definition) is 2. The maximum absolute atomic E-state index is 11.0. The SMILES string of the molecule is CC(C)(SCc1ccccc1)C(N)=O. The van der Waals surface area contributed by atoms with Gasteiger partial charge in [0.25, 0.3) is 0 Å². The lowest BCUT2D eigenvalue weighted by atomic mass is 10.2. The third-order valence-corrected chi connectivity index (χ3v) is 3.44. The molecule has 0 aliphatic heterocycles. The van der Waals surface area contributed by atoms with Gasteiger partial charge in [0.1, 0.15) is 0 Å². The smallest absolute Gasteiger partial charge is 0.233 e. The molecule has 0 aliphatic carbocycles. The van der Waals surface area contributed by atoms with E-state index in [-0.39, 0.29) is 5.91 Å². The Hall–Kier alpha value is -0.960. The highest BCUT2D eigenvalue weighted by Crippen LogP contribution is 2.27. The Morgan fingerprint density at radius 2 is 1.93 bits per heavy atom. The summed E-state index contributed by atoms with van der Waals surface area (Å²) in [5.74, 6) is 0.551. The van der Waals surface area contributed by atoms with Gasteiger partial charge in [-0.15, -0.1) is 11.8 Å². The van der Waals surface area contributed by atoms with Gasteiger partial charge in [0, 0.05) is 5.75 Å². The molecule has 14 heavy (non-hydrogen) atoms. The molecule has 0 bridgehead atoms. The van der Waals surface area contributed by atoms with E-state index in [4.69, 9.17) is 5.73 Å². The standard InChI is InChI=1S/C11H15NOS/c1-11(2,10(12)13)14-8-9-6-4-3-5-7-9/h3-7H,8H2,1-2H3,(H2,12,13). The molecule has 1 amide bonds. The van der Waals surface area contributed by atoms with E-state index in [1.165, 1.54) is 5.56 Å². The minimum atomic E-state index is -0.490. The minimum absolute atomic E-state index is 0.265. The van der Waals surface area contributed by atoms with Crippen molar-refractivity contribution in [3.8, 4) is 0 Å². The highest BCUT2D eigenvalue weighted by molar-refractivity contribution is 8.00. The summed E-state index contributed by atoms with van der Waals surface area (Å²) in [6, 6.07) is 10.1. The first-order valence-corrected chi connectivity index (χ1v) is 5.49. The molecule has 0 radical (unpaired) electrons. The Morgan fingerprint density at radius 1 is 1.36 bits per heavy atom. The van der Waals surface area contributed by atoms with Crippen LogP contribution in [0.4, 0.5) is 0 Å². The van der Waals surface area contributed by atoms with E-state index in [2.05, 4.69) is 0 Å². The summed E-state index contributed by atoms with van der Waals surface area (Å²) in [7, 11) is 0. The summed E-state index contributed by atoms with van der Waals surface area (Å²) in [6.45, 7) is 3.70. The fraction of sp³-hybridized carbons (Fsp3) is 0.364. The zero-order chi connectivity index (χ0) is 10.6. The van der Waals surface area contributed by atoms with Crippen molar-refractivity contribution in [1.82, 2.24) is 0 Å². The second kappa shape index (κ2) is 4.51. The zero-order valence-electron chi connectivity index (χ0n) is 8.49. The molecule has 0 spiro atoms. The van der Waals surface area contributed by atoms with Gasteiger partial charge in [-0.3, -0.25) is 4.79 Å². The van der Waals surface area contributed by atoms with Gasteiger partial charge in [0.2, 0.25) is 5.91 Å². The van der Waals surface area contributed by atoms with Crippen LogP contribution in [0.15, 0.2) is 30.3 Å². The average Bonchev–Trinajstić information content (AvgIpc) is 2.16. The molecule has 1 rings (SSSR count). The molecule has 0 heterocycles. The molecular formula is C11H15NOS. The first kappa shape index (κ1) is 11.1. The largest absolute Gasteiger partial charge is 0.368 e. The number of carbonyl (C=O) groups excluding carboxylic acids is 1. The lowest BCUT2D eigenvalue weighted by molar-refractivity contribution is -0.119. The van der Waals surface area contributed by atoms with Gasteiger partial charge in [-0.05, 0) is 19.4 Å². The second-order valence-corrected chi connectivity index (χ2v) is 5.25. The third kappa shape index (κ3) is 3.07. The van der Waals surface area contributed by atoms with Gasteiger partial charge in [-0.1, -0.05) is 30.3 Å². The zero-order valence-corrected chi connectivity index (χ0v) is 9.30. The molecule has 3 heteroatoms. The summed E-state index contributed by atoms with van der Waals surface area (Å²) in [4.78, 5) is 11.0. The Kier molecular flexibility index (Phi) is 3.58. The maximum atomic E-state index is 11.0. The van der Waals surface area contributed by atoms with E-state index in [1.807, 2.05) is 44.2 Å². The van der Waals surface area contributed by atoms with Crippen molar-refractivity contribution in [2.75, 3.05) is 0 Å². The van der Waals surface area contributed by atoms with Crippen molar-refractivity contribution >= 4 is 17.7 Å². The minimum Gasteiger partial charge on any atom is -0.368 e. The Balaban J connectivity index is 2.53. The normalized spacial score (nSPS) is 11.3. The van der Waals surface area contributed by atoms with Crippen molar-refractivity contribution in [2.45, 2.75) is 24.3 Å². The maximum Gasteiger partial charge on any atom is 0.233 e. The predicted molar refractivity (Wildman–Crippen MR) is 61.0 cm³/mol. The molecule has 76 valence electrons. The Morgan fingerprint density at radius 3 is 2.43 bits per heavy atom. The summed E-state index contributed by atoms with van der Waals surface area (Å²) in [5.41, 5.74) is 6.49. The monoisotopic (exact) mass is 209 g/mol. The van der Waals surface area contributed by atoms with E-state index in [0.29, 0.717) is 0 Å². The van der Waals surface area contributed by atoms with Gasteiger partial charge < -0.3 is 5.73 Å². The van der Waals surface area contributed by atoms with E-state index < -0.39 is 4.75 Å². The third-order valence-electron chi connectivity index (χ3n) is 2.04. The van der Waals surface area contributed by atoms with Gasteiger partial charge in [-0.25, -0.2) is 0 Å². The number of amides is 1. The van der Waals surface area contributed by atoms with Crippen LogP contribution in [0.2, 0.25) is 0 Å². The predicted octanol–water partition coefficient (Wildman–Crippen LogP) is 2.18. The average molecular weight is 209 g/mol. The number of nitrogens with two attached hydrogens (primary N) is 1. The molecule has 0 saturated heterocycles. The van der Waals surface area contributed by atoms with Gasteiger partial charge in [0.15, 0.2) is 0 Å². The molecule has 0 aliphatic rings. The number of primary amides is 1. The molecule has 0 atom stereocenters. The molecule has 0 unspecified atom stereocenters. The van der Waals surface area contributed by atoms with Crippen LogP contribution < -0.4 is 5.73 Å². The van der Waals surface area contributed by atoms with Crippen LogP contribution in [0.1, 0.15) is 19.4 Å². The summed E-state index contributed by atoms with van der Waals surface area (Å²) in [6.07, 6.45) is 0. The summed E-state index contributed by atoms with van der Waals surface area (Å²) in [5, 5.41) is 0. The quantitative estimate of drug-likeness (QED) is 0.826. The van der Waals surface area contributed by atoms with Crippen molar-refractivity contribution < 1.29 is 4.79 Å². The molecular weight excluding hydrogens is 194 g/mol. The van der Waals surface area contributed by atoms with Crippen LogP contribution in [-0.4, -0.2) is 10.7 Å². The van der Waals surface area contributed by atoms with E-state index >= 15 is 0 Å². The van der Waals surface area contributed by atoms with Crippen LogP contribution in [0, 0.1) is 0 Å². The van der Waals surface area contributed by atoms with Crippen LogP contribution in [0.25, 0.3) is 0 Å². The summed E-state index contributed by atoms with van der Waals surface area (Å²) >= 11 is 1.57. The van der Waals surface area contributed by atoms with E-state index in [9.17, 15) is 4.79 Å². The lowest BCUT2D eigenvalue weighted by Crippen LogP contribution is -2.34. The number of carbonyl (C=O) groups is 1. The van der Waals surface area contributed by atoms with E-state index in [0.717, 1.165) is 5.75 Å². The first-order chi connectivity index (χ1) is 6.52. The molecule has 0 fully saturated rings. The van der Waals surface area contributed by atoms with Crippen molar-refractivity contribution in [3.05, 3.63) is 35.9 Å². The molecule has 2 N–H and O–H groups in total. The molecule has 1 aromatic carbocycles. The van der Waals surface area contributed by atoms with Crippen LogP contribution in [0.3, 0.4) is 0 Å². The van der Waals surface area contributed by atoms with Crippen LogP contribution in [0.5, 0.6) is 0 Å². The Labute approximate surface area is 88.9 Å². The molecule has 1 aromatic rings. The topological polar surface area (TPSA) is 43.1 Å². The number of thioether (sulfide) groups is 1. The fourth-order valence-corrected chi connectivity index (χ4v) is 1.77. The molecule has 0 saturated carbocycles. The van der Waals surface area contributed by atoms with E-state index in [1.54, 1.807) is 11.8 Å². The molecule has 0 aromatic heterocycles. The van der Waals surface area contributed by atoms with Crippen LogP contribution in [-0.2, 0) is 10.5 Å². The molecule has 2 nitrogen and oxygen atoms in total. The number of hydrogen-bond donors (Lipinski definition) is 1. The second-order valence-electron chi connectivity index (χ2n) is 3.65. The first-order valence-electron chi connectivity index (χ1n) is 4.50.